The summed E-state index contributed by atoms with van der Waals surface area (Å²) >= 11 is 7.54. The maximum absolute atomic E-state index is 13.0. The quantitative estimate of drug-likeness (QED) is 0.378. The monoisotopic (exact) mass is 327 g/mol. The Morgan fingerprint density at radius 2 is 1.95 bits per heavy atom. The molecule has 0 spiro atoms. The summed E-state index contributed by atoms with van der Waals surface area (Å²) in [5, 5.41) is 2.66. The summed E-state index contributed by atoms with van der Waals surface area (Å²) in [4.78, 5) is 17.5. The molecule has 4 aromatic rings. The highest BCUT2D eigenvalue weighted by molar-refractivity contribution is 7.25. The standard InChI is InChI=1S/C17H10ClNO2S/c1-21-17-16-14(10-4-2-3-5-12(10)19-17)15(20)11-8-9(18)6-7-13(11)22-16/h2-8H,1H3. The van der Waals surface area contributed by atoms with Crippen molar-refractivity contribution in [2.75, 3.05) is 7.11 Å². The van der Waals surface area contributed by atoms with E-state index in [1.807, 2.05) is 30.3 Å². The molecule has 3 nitrogen and oxygen atoms in total. The van der Waals surface area contributed by atoms with Gasteiger partial charge >= 0.3 is 0 Å². The molecule has 5 heteroatoms. The lowest BCUT2D eigenvalue weighted by Crippen LogP contribution is -2.03. The Morgan fingerprint density at radius 1 is 1.14 bits per heavy atom. The average molecular weight is 328 g/mol. The lowest BCUT2D eigenvalue weighted by molar-refractivity contribution is 0.405. The van der Waals surface area contributed by atoms with E-state index in [0.717, 1.165) is 20.3 Å². The van der Waals surface area contributed by atoms with Crippen molar-refractivity contribution in [3.63, 3.8) is 0 Å². The van der Waals surface area contributed by atoms with Gasteiger partial charge in [0.1, 0.15) is 4.70 Å². The molecule has 0 unspecified atom stereocenters. The Balaban J connectivity index is 2.35. The third-order valence-corrected chi connectivity index (χ3v) is 5.03. The van der Waals surface area contributed by atoms with Crippen LogP contribution in [-0.2, 0) is 0 Å². The molecule has 2 aromatic heterocycles. The van der Waals surface area contributed by atoms with Crippen molar-refractivity contribution in [1.29, 1.82) is 0 Å². The van der Waals surface area contributed by atoms with Crippen LogP contribution in [0.15, 0.2) is 47.3 Å². The second kappa shape index (κ2) is 4.93. The van der Waals surface area contributed by atoms with Gasteiger partial charge in [0.2, 0.25) is 5.88 Å². The molecule has 0 bridgehead atoms. The Labute approximate surface area is 134 Å². The first-order valence-corrected chi connectivity index (χ1v) is 7.87. The molecule has 0 atom stereocenters. The molecule has 0 aliphatic rings. The fraction of sp³-hybridized carbons (Fsp3) is 0.0588. The minimum Gasteiger partial charge on any atom is -0.480 e. The van der Waals surface area contributed by atoms with Crippen molar-refractivity contribution in [3.8, 4) is 5.88 Å². The van der Waals surface area contributed by atoms with E-state index in [4.69, 9.17) is 16.3 Å². The first-order chi connectivity index (χ1) is 10.7. The number of nitrogens with zero attached hydrogens (tertiary/aromatic N) is 1. The lowest BCUT2D eigenvalue weighted by atomic mass is 10.1. The van der Waals surface area contributed by atoms with Crippen LogP contribution in [0.5, 0.6) is 5.88 Å². The molecule has 0 aliphatic carbocycles. The third-order valence-electron chi connectivity index (χ3n) is 3.64. The highest BCUT2D eigenvalue weighted by Gasteiger charge is 2.15. The zero-order valence-corrected chi connectivity index (χ0v) is 13.2. The Morgan fingerprint density at radius 3 is 2.77 bits per heavy atom. The number of pyridine rings is 1. The summed E-state index contributed by atoms with van der Waals surface area (Å²) in [6.07, 6.45) is 0. The minimum absolute atomic E-state index is 0.0387. The smallest absolute Gasteiger partial charge is 0.232 e. The highest BCUT2D eigenvalue weighted by Crippen LogP contribution is 2.35. The zero-order valence-electron chi connectivity index (χ0n) is 11.6. The molecule has 2 aromatic carbocycles. The SMILES string of the molecule is COc1nc2ccccc2c2c(=O)c3cc(Cl)ccc3sc12. The van der Waals surface area contributed by atoms with Crippen molar-refractivity contribution < 1.29 is 4.74 Å². The van der Waals surface area contributed by atoms with Crippen LogP contribution >= 0.6 is 22.9 Å². The van der Waals surface area contributed by atoms with E-state index in [0.29, 0.717) is 21.7 Å². The van der Waals surface area contributed by atoms with Gasteiger partial charge in [0.15, 0.2) is 5.43 Å². The predicted octanol–water partition coefficient (Wildman–Crippen LogP) is 4.62. The molecule has 0 fully saturated rings. The van der Waals surface area contributed by atoms with Crippen molar-refractivity contribution in [1.82, 2.24) is 4.98 Å². The van der Waals surface area contributed by atoms with Crippen LogP contribution in [0, 0.1) is 0 Å². The van der Waals surface area contributed by atoms with Crippen molar-refractivity contribution >= 4 is 54.0 Å². The van der Waals surface area contributed by atoms with Crippen LogP contribution in [-0.4, -0.2) is 12.1 Å². The van der Waals surface area contributed by atoms with Gasteiger partial charge in [-0.05, 0) is 24.3 Å². The second-order valence-corrected chi connectivity index (χ2v) is 6.40. The summed E-state index contributed by atoms with van der Waals surface area (Å²) in [5.74, 6) is 0.479. The molecule has 0 N–H and O–H groups in total. The predicted molar refractivity (Wildman–Crippen MR) is 92.5 cm³/mol. The van der Waals surface area contributed by atoms with Gasteiger partial charge in [0, 0.05) is 20.5 Å². The molecular formula is C17H10ClNO2S. The van der Waals surface area contributed by atoms with Crippen LogP contribution in [0.3, 0.4) is 0 Å². The van der Waals surface area contributed by atoms with Gasteiger partial charge in [0.25, 0.3) is 0 Å². The molecule has 0 amide bonds. The number of rotatable bonds is 1. The molecule has 0 aliphatic heterocycles. The normalized spacial score (nSPS) is 11.4. The van der Waals surface area contributed by atoms with Crippen LogP contribution in [0.2, 0.25) is 5.02 Å². The van der Waals surface area contributed by atoms with Crippen molar-refractivity contribution in [3.05, 3.63) is 57.7 Å². The average Bonchev–Trinajstić information content (AvgIpc) is 2.54. The summed E-state index contributed by atoms with van der Waals surface area (Å²) in [6, 6.07) is 13.0. The summed E-state index contributed by atoms with van der Waals surface area (Å²) in [5.41, 5.74) is 0.709. The van der Waals surface area contributed by atoms with Gasteiger partial charge in [-0.15, -0.1) is 11.3 Å². The van der Waals surface area contributed by atoms with Crippen LogP contribution in [0.4, 0.5) is 0 Å². The molecule has 4 rings (SSSR count). The molecular weight excluding hydrogens is 318 g/mol. The molecule has 22 heavy (non-hydrogen) atoms. The fourth-order valence-corrected chi connectivity index (χ4v) is 3.95. The topological polar surface area (TPSA) is 39.2 Å². The first kappa shape index (κ1) is 13.5. The number of aromatic nitrogens is 1. The molecule has 0 saturated heterocycles. The first-order valence-electron chi connectivity index (χ1n) is 6.68. The molecule has 0 radical (unpaired) electrons. The molecule has 0 saturated carbocycles. The minimum atomic E-state index is -0.0387. The fourth-order valence-electron chi connectivity index (χ4n) is 2.64. The van der Waals surface area contributed by atoms with Gasteiger partial charge in [-0.3, -0.25) is 4.79 Å². The van der Waals surface area contributed by atoms with Crippen LogP contribution < -0.4 is 10.2 Å². The maximum Gasteiger partial charge on any atom is 0.232 e. The number of methoxy groups -OCH3 is 1. The van der Waals surface area contributed by atoms with Gasteiger partial charge in [0.05, 0.1) is 18.0 Å². The van der Waals surface area contributed by atoms with Gasteiger partial charge in [-0.2, -0.15) is 0 Å². The highest BCUT2D eigenvalue weighted by atomic mass is 35.5. The van der Waals surface area contributed by atoms with E-state index in [9.17, 15) is 4.79 Å². The summed E-state index contributed by atoms with van der Waals surface area (Å²) < 4.78 is 7.03. The van der Waals surface area contributed by atoms with Crippen molar-refractivity contribution in [2.24, 2.45) is 0 Å². The lowest BCUT2D eigenvalue weighted by Gasteiger charge is -2.08. The maximum atomic E-state index is 13.0. The van der Waals surface area contributed by atoms with E-state index in [1.54, 1.807) is 19.2 Å². The summed E-state index contributed by atoms with van der Waals surface area (Å²) in [7, 11) is 1.57. The number of para-hydroxylation sites is 1. The number of halogens is 1. The third kappa shape index (κ3) is 1.88. The van der Waals surface area contributed by atoms with Crippen LogP contribution in [0.25, 0.3) is 31.1 Å². The van der Waals surface area contributed by atoms with E-state index < -0.39 is 0 Å². The molecule has 2 heterocycles. The Bertz CT molecular complexity index is 1100. The van der Waals surface area contributed by atoms with Gasteiger partial charge < -0.3 is 4.74 Å². The number of ether oxygens (including phenoxy) is 1. The second-order valence-electron chi connectivity index (χ2n) is 4.91. The van der Waals surface area contributed by atoms with E-state index in [2.05, 4.69) is 4.98 Å². The summed E-state index contributed by atoms with van der Waals surface area (Å²) in [6.45, 7) is 0. The largest absolute Gasteiger partial charge is 0.480 e. The Hall–Kier alpha value is -2.17. The van der Waals surface area contributed by atoms with E-state index >= 15 is 0 Å². The number of fused-ring (bicyclic) bond motifs is 4. The Kier molecular flexibility index (Phi) is 3.03. The van der Waals surface area contributed by atoms with Gasteiger partial charge in [-0.1, -0.05) is 29.8 Å². The number of benzene rings is 2. The number of hydrogen-bond donors (Lipinski definition) is 0. The number of hydrogen-bond acceptors (Lipinski definition) is 4. The van der Waals surface area contributed by atoms with E-state index in [1.165, 1.54) is 11.3 Å². The van der Waals surface area contributed by atoms with Crippen LogP contribution in [0.1, 0.15) is 0 Å². The zero-order chi connectivity index (χ0) is 15.3. The van der Waals surface area contributed by atoms with Crippen molar-refractivity contribution in [2.45, 2.75) is 0 Å². The molecule has 108 valence electrons. The van der Waals surface area contributed by atoms with Gasteiger partial charge in [-0.25, -0.2) is 4.98 Å². The van der Waals surface area contributed by atoms with E-state index in [-0.39, 0.29) is 5.43 Å².